The number of benzene rings is 1. The lowest BCUT2D eigenvalue weighted by molar-refractivity contribution is -0.385. The number of methoxy groups -OCH3 is 1. The second-order valence-corrected chi connectivity index (χ2v) is 6.84. The molecule has 1 aliphatic heterocycles. The van der Waals surface area contributed by atoms with Crippen LogP contribution in [0.25, 0.3) is 0 Å². The topological polar surface area (TPSA) is 121 Å². The summed E-state index contributed by atoms with van der Waals surface area (Å²) in [6.45, 7) is 3.21. The summed E-state index contributed by atoms with van der Waals surface area (Å²) >= 11 is 0. The minimum Gasteiger partial charge on any atom is -0.466 e. The third-order valence-corrected chi connectivity index (χ3v) is 4.91. The molecule has 0 saturated heterocycles. The first-order valence-electron chi connectivity index (χ1n) is 9.42. The lowest BCUT2D eigenvalue weighted by Gasteiger charge is -2.30. The number of dihydropyridines is 1. The molecule has 0 radical (unpaired) electrons. The first kappa shape index (κ1) is 21.7. The van der Waals surface area contributed by atoms with Crippen molar-refractivity contribution in [3.05, 3.63) is 92.6 Å². The van der Waals surface area contributed by atoms with Crippen LogP contribution in [0.5, 0.6) is 0 Å². The predicted molar refractivity (Wildman–Crippen MR) is 110 cm³/mol. The number of carbonyl (C=O) groups excluding carboxylic acids is 2. The third-order valence-electron chi connectivity index (χ3n) is 4.91. The molecule has 3 rings (SSSR count). The van der Waals surface area contributed by atoms with Gasteiger partial charge in [-0.25, -0.2) is 9.59 Å². The van der Waals surface area contributed by atoms with E-state index in [1.54, 1.807) is 44.3 Å². The second-order valence-electron chi connectivity index (χ2n) is 6.84. The molecule has 9 nitrogen and oxygen atoms in total. The van der Waals surface area contributed by atoms with Gasteiger partial charge in [-0.1, -0.05) is 24.3 Å². The third kappa shape index (κ3) is 4.45. The predicted octanol–water partition coefficient (Wildman–Crippen LogP) is 3.14. The molecule has 160 valence electrons. The highest BCUT2D eigenvalue weighted by Crippen LogP contribution is 2.42. The number of nitrogens with one attached hydrogen (secondary N) is 1. The fourth-order valence-electron chi connectivity index (χ4n) is 3.55. The Morgan fingerprint density at radius 3 is 2.32 bits per heavy atom. The van der Waals surface area contributed by atoms with Gasteiger partial charge < -0.3 is 14.8 Å². The smallest absolute Gasteiger partial charge is 0.337 e. The van der Waals surface area contributed by atoms with Gasteiger partial charge in [-0.2, -0.15) is 0 Å². The Bertz CT molecular complexity index is 1090. The van der Waals surface area contributed by atoms with Gasteiger partial charge in [-0.3, -0.25) is 15.1 Å². The van der Waals surface area contributed by atoms with E-state index in [-0.39, 0.29) is 29.0 Å². The van der Waals surface area contributed by atoms with Crippen molar-refractivity contribution in [3.8, 4) is 0 Å². The first-order chi connectivity index (χ1) is 14.8. The quantitative estimate of drug-likeness (QED) is 0.427. The van der Waals surface area contributed by atoms with Gasteiger partial charge in [0.2, 0.25) is 0 Å². The Kier molecular flexibility index (Phi) is 6.44. The first-order valence-corrected chi connectivity index (χ1v) is 9.42. The van der Waals surface area contributed by atoms with E-state index < -0.39 is 22.8 Å². The molecule has 0 amide bonds. The molecule has 2 heterocycles. The molecule has 1 unspecified atom stereocenters. The number of hydrogen-bond acceptors (Lipinski definition) is 8. The van der Waals surface area contributed by atoms with Crippen LogP contribution in [0, 0.1) is 10.1 Å². The SMILES string of the molecule is COC(=O)C1=C(C)NC(C)=C(C(=O)OCc2ccccn2)C1c1ccccc1[N+](=O)[O-]. The summed E-state index contributed by atoms with van der Waals surface area (Å²) in [7, 11) is 1.21. The minimum absolute atomic E-state index is 0.0870. The number of nitrogens with zero attached hydrogens (tertiary/aromatic N) is 2. The molecule has 0 fully saturated rings. The van der Waals surface area contributed by atoms with Gasteiger partial charge >= 0.3 is 11.9 Å². The van der Waals surface area contributed by atoms with Crippen LogP contribution < -0.4 is 5.32 Å². The number of aromatic nitrogens is 1. The number of carbonyl (C=O) groups is 2. The molecule has 1 aromatic carbocycles. The molecule has 0 bridgehead atoms. The van der Waals surface area contributed by atoms with E-state index in [9.17, 15) is 19.7 Å². The van der Waals surface area contributed by atoms with Crippen molar-refractivity contribution < 1.29 is 24.0 Å². The van der Waals surface area contributed by atoms with Crippen molar-refractivity contribution >= 4 is 17.6 Å². The van der Waals surface area contributed by atoms with E-state index >= 15 is 0 Å². The van der Waals surface area contributed by atoms with E-state index in [1.165, 1.54) is 25.3 Å². The molecule has 1 atom stereocenters. The number of esters is 2. The van der Waals surface area contributed by atoms with Crippen molar-refractivity contribution in [2.24, 2.45) is 0 Å². The summed E-state index contributed by atoms with van der Waals surface area (Å²) in [5.74, 6) is -2.45. The molecule has 0 saturated carbocycles. The van der Waals surface area contributed by atoms with Crippen LogP contribution in [0.4, 0.5) is 5.69 Å². The molecule has 1 aromatic heterocycles. The Morgan fingerprint density at radius 2 is 1.71 bits per heavy atom. The highest BCUT2D eigenvalue weighted by atomic mass is 16.6. The van der Waals surface area contributed by atoms with Crippen molar-refractivity contribution in [1.82, 2.24) is 10.3 Å². The molecule has 1 aliphatic rings. The van der Waals surface area contributed by atoms with Gasteiger partial charge in [-0.05, 0) is 26.0 Å². The molecular weight excluding hydrogens is 402 g/mol. The zero-order valence-electron chi connectivity index (χ0n) is 17.2. The van der Waals surface area contributed by atoms with Crippen molar-refractivity contribution in [1.29, 1.82) is 0 Å². The Balaban J connectivity index is 2.09. The van der Waals surface area contributed by atoms with Crippen LogP contribution in [-0.2, 0) is 25.7 Å². The maximum atomic E-state index is 13.1. The van der Waals surface area contributed by atoms with Gasteiger partial charge in [0.15, 0.2) is 0 Å². The molecule has 0 aliphatic carbocycles. The second kappa shape index (κ2) is 9.21. The van der Waals surface area contributed by atoms with Crippen molar-refractivity contribution in [2.75, 3.05) is 7.11 Å². The number of rotatable bonds is 6. The Hall–Kier alpha value is -4.01. The van der Waals surface area contributed by atoms with Crippen LogP contribution in [-0.4, -0.2) is 29.0 Å². The van der Waals surface area contributed by atoms with Crippen LogP contribution in [0.2, 0.25) is 0 Å². The van der Waals surface area contributed by atoms with Crippen molar-refractivity contribution in [2.45, 2.75) is 26.4 Å². The number of nitro groups is 1. The maximum Gasteiger partial charge on any atom is 0.337 e. The summed E-state index contributed by atoms with van der Waals surface area (Å²) in [4.78, 5) is 41.0. The number of pyridine rings is 1. The molecule has 1 N–H and O–H groups in total. The van der Waals surface area contributed by atoms with Crippen LogP contribution >= 0.6 is 0 Å². The van der Waals surface area contributed by atoms with Crippen LogP contribution in [0.3, 0.4) is 0 Å². The largest absolute Gasteiger partial charge is 0.466 e. The Morgan fingerprint density at radius 1 is 1.06 bits per heavy atom. The van der Waals surface area contributed by atoms with E-state index in [4.69, 9.17) is 9.47 Å². The summed E-state index contributed by atoms with van der Waals surface area (Å²) in [5.41, 5.74) is 1.58. The van der Waals surface area contributed by atoms with E-state index in [2.05, 4.69) is 10.3 Å². The molecular formula is C22H21N3O6. The number of hydrogen-bond donors (Lipinski definition) is 1. The zero-order chi connectivity index (χ0) is 22.5. The number of ether oxygens (including phenoxy) is 2. The lowest BCUT2D eigenvalue weighted by Crippen LogP contribution is -2.32. The number of allylic oxidation sites excluding steroid dienone is 2. The average molecular weight is 423 g/mol. The minimum atomic E-state index is -1.04. The van der Waals surface area contributed by atoms with Crippen LogP contribution in [0.1, 0.15) is 31.0 Å². The van der Waals surface area contributed by atoms with Gasteiger partial charge in [0, 0.05) is 29.2 Å². The fraction of sp³-hybridized carbons (Fsp3) is 0.227. The highest BCUT2D eigenvalue weighted by molar-refractivity contribution is 6.00. The molecule has 2 aromatic rings. The fourth-order valence-corrected chi connectivity index (χ4v) is 3.55. The average Bonchev–Trinajstić information content (AvgIpc) is 2.77. The van der Waals surface area contributed by atoms with Crippen LogP contribution in [0.15, 0.2) is 71.2 Å². The summed E-state index contributed by atoms with van der Waals surface area (Å²) in [6, 6.07) is 11.2. The maximum absolute atomic E-state index is 13.1. The van der Waals surface area contributed by atoms with Crippen molar-refractivity contribution in [3.63, 3.8) is 0 Å². The standard InChI is InChI=1S/C22H21N3O6/c1-13-18(21(26)30-3)20(16-9-4-5-10-17(16)25(28)29)19(14(2)24-13)22(27)31-12-15-8-6-7-11-23-15/h4-11,20,24H,12H2,1-3H3. The van der Waals surface area contributed by atoms with E-state index in [0.717, 1.165) is 0 Å². The van der Waals surface area contributed by atoms with E-state index in [0.29, 0.717) is 17.1 Å². The van der Waals surface area contributed by atoms with Gasteiger partial charge in [0.25, 0.3) is 5.69 Å². The molecule has 31 heavy (non-hydrogen) atoms. The number of nitro benzene ring substituents is 1. The summed E-state index contributed by atoms with van der Waals surface area (Å²) < 4.78 is 10.4. The monoisotopic (exact) mass is 423 g/mol. The lowest BCUT2D eigenvalue weighted by atomic mass is 9.79. The van der Waals surface area contributed by atoms with E-state index in [1.807, 2.05) is 0 Å². The van der Waals surface area contributed by atoms with Gasteiger partial charge in [0.05, 0.1) is 34.8 Å². The zero-order valence-corrected chi connectivity index (χ0v) is 17.2. The number of para-hydroxylation sites is 1. The molecule has 0 spiro atoms. The highest BCUT2D eigenvalue weighted by Gasteiger charge is 2.40. The summed E-state index contributed by atoms with van der Waals surface area (Å²) in [6.07, 6.45) is 1.58. The normalized spacial score (nSPS) is 15.9. The Labute approximate surface area is 178 Å². The van der Waals surface area contributed by atoms with Gasteiger partial charge in [0.1, 0.15) is 6.61 Å². The molecule has 9 heteroatoms. The summed E-state index contributed by atoms with van der Waals surface area (Å²) in [5, 5.41) is 14.7. The van der Waals surface area contributed by atoms with Gasteiger partial charge in [-0.15, -0.1) is 0 Å².